The Balaban J connectivity index is 2.56. The molecule has 1 heterocycles. The minimum atomic E-state index is -0.497. The molecule has 2 unspecified atom stereocenters. The number of rotatable bonds is 6. The number of piperidine rings is 1. The molecule has 18 heavy (non-hydrogen) atoms. The van der Waals surface area contributed by atoms with Crippen LogP contribution >= 0.6 is 0 Å². The maximum absolute atomic E-state index is 11.6. The van der Waals surface area contributed by atoms with Gasteiger partial charge in [0.1, 0.15) is 6.04 Å². The quantitative estimate of drug-likeness (QED) is 0.520. The van der Waals surface area contributed by atoms with Gasteiger partial charge in [0.25, 0.3) is 0 Å². The van der Waals surface area contributed by atoms with Crippen LogP contribution in [-0.2, 0) is 19.1 Å². The van der Waals surface area contributed by atoms with Crippen molar-refractivity contribution in [3.8, 4) is 0 Å². The second kappa shape index (κ2) is 7.10. The molecule has 2 amide bonds. The zero-order chi connectivity index (χ0) is 13.5. The third-order valence-electron chi connectivity index (χ3n) is 2.97. The summed E-state index contributed by atoms with van der Waals surface area (Å²) in [5, 5.41) is 5.23. The van der Waals surface area contributed by atoms with Gasteiger partial charge in [-0.2, -0.15) is 0 Å². The van der Waals surface area contributed by atoms with Crippen molar-refractivity contribution in [2.45, 2.75) is 51.1 Å². The molecule has 1 aliphatic rings. The molecule has 6 heteroatoms. The van der Waals surface area contributed by atoms with Gasteiger partial charge < -0.3 is 4.74 Å². The number of carbonyl (C=O) groups excluding carboxylic acids is 3. The monoisotopic (exact) mass is 256 g/mol. The molecule has 1 rings (SSSR count). The van der Waals surface area contributed by atoms with Crippen molar-refractivity contribution in [1.82, 2.24) is 10.6 Å². The van der Waals surface area contributed by atoms with Crippen LogP contribution < -0.4 is 10.6 Å². The maximum Gasteiger partial charge on any atom is 0.322 e. The molecule has 0 aromatic rings. The fraction of sp³-hybridized carbons (Fsp3) is 0.750. The van der Waals surface area contributed by atoms with Gasteiger partial charge in [-0.15, -0.1) is 0 Å². The van der Waals surface area contributed by atoms with E-state index in [2.05, 4.69) is 10.6 Å². The minimum Gasteiger partial charge on any atom is -0.468 e. The fourth-order valence-electron chi connectivity index (χ4n) is 1.92. The van der Waals surface area contributed by atoms with Crippen LogP contribution in [0.15, 0.2) is 0 Å². The molecule has 1 fully saturated rings. The van der Waals surface area contributed by atoms with Crippen LogP contribution in [0.3, 0.4) is 0 Å². The number of amides is 2. The van der Waals surface area contributed by atoms with E-state index in [1.807, 2.05) is 6.92 Å². The van der Waals surface area contributed by atoms with Crippen molar-refractivity contribution in [1.29, 1.82) is 0 Å². The molecule has 0 aromatic heterocycles. The SMILES string of the molecule is CCCCC(NC1CCC(=O)NC1=O)C(=O)OC. The van der Waals surface area contributed by atoms with Crippen LogP contribution in [0.2, 0.25) is 0 Å². The lowest BCUT2D eigenvalue weighted by atomic mass is 10.0. The highest BCUT2D eigenvalue weighted by Crippen LogP contribution is 2.09. The summed E-state index contributed by atoms with van der Waals surface area (Å²) in [6, 6.07) is -0.984. The smallest absolute Gasteiger partial charge is 0.322 e. The first kappa shape index (κ1) is 14.6. The highest BCUT2D eigenvalue weighted by Gasteiger charge is 2.30. The number of esters is 1. The zero-order valence-corrected chi connectivity index (χ0v) is 10.8. The molecule has 0 aliphatic carbocycles. The van der Waals surface area contributed by atoms with Crippen molar-refractivity contribution in [3.05, 3.63) is 0 Å². The Bertz CT molecular complexity index is 330. The van der Waals surface area contributed by atoms with E-state index in [0.717, 1.165) is 12.8 Å². The van der Waals surface area contributed by atoms with Gasteiger partial charge in [-0.1, -0.05) is 19.8 Å². The third-order valence-corrected chi connectivity index (χ3v) is 2.97. The van der Waals surface area contributed by atoms with Crippen molar-refractivity contribution in [2.75, 3.05) is 7.11 Å². The van der Waals surface area contributed by atoms with E-state index in [4.69, 9.17) is 4.74 Å². The fourth-order valence-corrected chi connectivity index (χ4v) is 1.92. The van der Waals surface area contributed by atoms with Crippen LogP contribution in [0.4, 0.5) is 0 Å². The Morgan fingerprint density at radius 1 is 1.56 bits per heavy atom. The summed E-state index contributed by atoms with van der Waals surface area (Å²) in [5.74, 6) is -0.994. The predicted molar refractivity (Wildman–Crippen MR) is 64.6 cm³/mol. The van der Waals surface area contributed by atoms with Gasteiger partial charge in [0.15, 0.2) is 0 Å². The van der Waals surface area contributed by atoms with Crippen molar-refractivity contribution in [3.63, 3.8) is 0 Å². The number of nitrogens with one attached hydrogen (secondary N) is 2. The molecular weight excluding hydrogens is 236 g/mol. The lowest BCUT2D eigenvalue weighted by Crippen LogP contribution is -2.55. The van der Waals surface area contributed by atoms with Crippen molar-refractivity contribution >= 4 is 17.8 Å². The Morgan fingerprint density at radius 2 is 2.28 bits per heavy atom. The summed E-state index contributed by atoms with van der Waals surface area (Å²) >= 11 is 0. The van der Waals surface area contributed by atoms with E-state index in [1.54, 1.807) is 0 Å². The number of ether oxygens (including phenoxy) is 1. The largest absolute Gasteiger partial charge is 0.468 e. The second-order valence-corrected chi connectivity index (χ2v) is 4.39. The summed E-state index contributed by atoms with van der Waals surface area (Å²) in [6.07, 6.45) is 3.18. The molecule has 102 valence electrons. The lowest BCUT2D eigenvalue weighted by molar-refractivity contribution is -0.144. The first-order chi connectivity index (χ1) is 8.58. The molecule has 2 atom stereocenters. The summed E-state index contributed by atoms with van der Waals surface area (Å²) in [6.45, 7) is 2.03. The topological polar surface area (TPSA) is 84.5 Å². The first-order valence-corrected chi connectivity index (χ1v) is 6.26. The Morgan fingerprint density at radius 3 is 2.83 bits per heavy atom. The summed E-state index contributed by atoms with van der Waals surface area (Å²) in [5.41, 5.74) is 0. The molecule has 6 nitrogen and oxygen atoms in total. The van der Waals surface area contributed by atoms with Crippen molar-refractivity contribution in [2.24, 2.45) is 0 Å². The van der Waals surface area contributed by atoms with E-state index in [9.17, 15) is 14.4 Å². The Labute approximate surface area is 106 Å². The normalized spacial score (nSPS) is 21.3. The molecule has 2 N–H and O–H groups in total. The number of imide groups is 1. The highest BCUT2D eigenvalue weighted by atomic mass is 16.5. The highest BCUT2D eigenvalue weighted by molar-refractivity contribution is 6.00. The number of hydrogen-bond donors (Lipinski definition) is 2. The molecule has 0 aromatic carbocycles. The van der Waals surface area contributed by atoms with Crippen LogP contribution in [0.1, 0.15) is 39.0 Å². The third kappa shape index (κ3) is 4.10. The van der Waals surface area contributed by atoms with Gasteiger partial charge in [0.2, 0.25) is 11.8 Å². The molecule has 0 radical (unpaired) electrons. The van der Waals surface area contributed by atoms with Crippen molar-refractivity contribution < 1.29 is 19.1 Å². The van der Waals surface area contributed by atoms with Gasteiger partial charge in [-0.05, 0) is 12.8 Å². The molecule has 0 bridgehead atoms. The van der Waals surface area contributed by atoms with E-state index in [0.29, 0.717) is 19.3 Å². The van der Waals surface area contributed by atoms with Gasteiger partial charge in [0, 0.05) is 6.42 Å². The van der Waals surface area contributed by atoms with Gasteiger partial charge in [-0.3, -0.25) is 25.0 Å². The van der Waals surface area contributed by atoms with Gasteiger partial charge in [-0.25, -0.2) is 0 Å². The standard InChI is InChI=1S/C12H20N2O4/c1-3-4-5-9(12(17)18-2)13-8-6-7-10(15)14-11(8)16/h8-9,13H,3-7H2,1-2H3,(H,14,15,16). The first-order valence-electron chi connectivity index (χ1n) is 6.26. The average Bonchev–Trinajstić information content (AvgIpc) is 2.36. The van der Waals surface area contributed by atoms with E-state index in [1.165, 1.54) is 7.11 Å². The predicted octanol–water partition coefficient (Wildman–Crippen LogP) is 0.113. The van der Waals surface area contributed by atoms with E-state index in [-0.39, 0.29) is 17.8 Å². The summed E-state index contributed by atoms with van der Waals surface area (Å²) in [7, 11) is 1.33. The molecule has 0 spiro atoms. The van der Waals surface area contributed by atoms with Crippen LogP contribution in [0, 0.1) is 0 Å². The van der Waals surface area contributed by atoms with Crippen LogP contribution in [0.5, 0.6) is 0 Å². The average molecular weight is 256 g/mol. The Kier molecular flexibility index (Phi) is 5.77. The zero-order valence-electron chi connectivity index (χ0n) is 10.8. The number of unbranched alkanes of at least 4 members (excludes halogenated alkanes) is 1. The lowest BCUT2D eigenvalue weighted by Gasteiger charge is -2.26. The van der Waals surface area contributed by atoms with Gasteiger partial charge in [0.05, 0.1) is 13.2 Å². The minimum absolute atomic E-state index is 0.263. The van der Waals surface area contributed by atoms with Crippen LogP contribution in [-0.4, -0.2) is 37.0 Å². The maximum atomic E-state index is 11.6. The summed E-state index contributed by atoms with van der Waals surface area (Å²) in [4.78, 5) is 34.2. The van der Waals surface area contributed by atoms with Gasteiger partial charge >= 0.3 is 5.97 Å². The van der Waals surface area contributed by atoms with E-state index >= 15 is 0 Å². The number of hydrogen-bond acceptors (Lipinski definition) is 5. The number of methoxy groups -OCH3 is 1. The molecule has 1 saturated heterocycles. The second-order valence-electron chi connectivity index (χ2n) is 4.39. The van der Waals surface area contributed by atoms with E-state index < -0.39 is 12.1 Å². The molecular formula is C12H20N2O4. The molecule has 1 aliphatic heterocycles. The number of carbonyl (C=O) groups is 3. The molecule has 0 saturated carbocycles. The Hall–Kier alpha value is -1.43. The summed E-state index contributed by atoms with van der Waals surface area (Å²) < 4.78 is 4.71. The van der Waals surface area contributed by atoms with Crippen LogP contribution in [0.25, 0.3) is 0 Å².